The van der Waals surface area contributed by atoms with Gasteiger partial charge in [0, 0.05) is 31.7 Å². The van der Waals surface area contributed by atoms with Gasteiger partial charge in [-0.3, -0.25) is 9.58 Å². The third kappa shape index (κ3) is 2.34. The summed E-state index contributed by atoms with van der Waals surface area (Å²) in [6.07, 6.45) is 3.21. The van der Waals surface area contributed by atoms with Gasteiger partial charge in [-0.1, -0.05) is 0 Å². The minimum atomic E-state index is 0.588. The van der Waals surface area contributed by atoms with Gasteiger partial charge < -0.3 is 0 Å². The molecule has 4 heteroatoms. The van der Waals surface area contributed by atoms with Crippen molar-refractivity contribution < 1.29 is 0 Å². The SMILES string of the molecule is CC1C(CCl)CCN1Cc1ccn(C)n1. The lowest BCUT2D eigenvalue weighted by atomic mass is 10.1. The van der Waals surface area contributed by atoms with Crippen molar-refractivity contribution >= 4 is 11.6 Å². The molecule has 0 saturated carbocycles. The zero-order valence-electron chi connectivity index (χ0n) is 9.36. The predicted octanol–water partition coefficient (Wildman–Crippen LogP) is 1.87. The number of halogens is 1. The standard InChI is InChI=1S/C11H18ClN3/c1-9-10(7-12)3-6-15(9)8-11-4-5-14(2)13-11/h4-5,9-10H,3,6-8H2,1-2H3. The van der Waals surface area contributed by atoms with E-state index in [0.29, 0.717) is 12.0 Å². The minimum Gasteiger partial charge on any atom is -0.294 e. The molecule has 1 aromatic heterocycles. The second-order valence-electron chi connectivity index (χ2n) is 4.39. The van der Waals surface area contributed by atoms with Crippen LogP contribution in [0.15, 0.2) is 12.3 Å². The van der Waals surface area contributed by atoms with Crippen LogP contribution in [0.1, 0.15) is 19.0 Å². The van der Waals surface area contributed by atoms with Crippen LogP contribution in [-0.4, -0.2) is 33.1 Å². The van der Waals surface area contributed by atoms with Gasteiger partial charge in [0.2, 0.25) is 0 Å². The Labute approximate surface area is 96.0 Å². The maximum absolute atomic E-state index is 5.93. The van der Waals surface area contributed by atoms with Gasteiger partial charge in [-0.25, -0.2) is 0 Å². The molecular weight excluding hydrogens is 210 g/mol. The van der Waals surface area contributed by atoms with Crippen molar-refractivity contribution in [3.63, 3.8) is 0 Å². The lowest BCUT2D eigenvalue weighted by Gasteiger charge is -2.22. The van der Waals surface area contributed by atoms with E-state index in [1.807, 2.05) is 17.9 Å². The Kier molecular flexibility index (Phi) is 3.32. The van der Waals surface area contributed by atoms with E-state index < -0.39 is 0 Å². The summed E-state index contributed by atoms with van der Waals surface area (Å²) in [5.41, 5.74) is 1.15. The van der Waals surface area contributed by atoms with Gasteiger partial charge >= 0.3 is 0 Å². The van der Waals surface area contributed by atoms with Crippen molar-refractivity contribution in [3.8, 4) is 0 Å². The molecule has 1 saturated heterocycles. The first-order valence-corrected chi connectivity index (χ1v) is 6.02. The number of rotatable bonds is 3. The number of aryl methyl sites for hydroxylation is 1. The van der Waals surface area contributed by atoms with E-state index in [4.69, 9.17) is 11.6 Å². The average molecular weight is 228 g/mol. The van der Waals surface area contributed by atoms with Crippen LogP contribution in [0.4, 0.5) is 0 Å². The summed E-state index contributed by atoms with van der Waals surface area (Å²) >= 11 is 5.93. The summed E-state index contributed by atoms with van der Waals surface area (Å²) < 4.78 is 1.86. The molecule has 84 valence electrons. The number of nitrogens with zero attached hydrogens (tertiary/aromatic N) is 3. The Hall–Kier alpha value is -0.540. The second kappa shape index (κ2) is 4.54. The molecule has 2 rings (SSSR count). The van der Waals surface area contributed by atoms with Gasteiger partial charge in [-0.05, 0) is 31.9 Å². The Morgan fingerprint density at radius 3 is 2.93 bits per heavy atom. The van der Waals surface area contributed by atoms with E-state index in [0.717, 1.165) is 24.7 Å². The Balaban J connectivity index is 1.96. The number of hydrogen-bond acceptors (Lipinski definition) is 2. The first kappa shape index (κ1) is 11.0. The Bertz CT molecular complexity index is 323. The van der Waals surface area contributed by atoms with Crippen molar-refractivity contribution in [3.05, 3.63) is 18.0 Å². The van der Waals surface area contributed by atoms with Crippen molar-refractivity contribution in [2.24, 2.45) is 13.0 Å². The van der Waals surface area contributed by atoms with Crippen molar-refractivity contribution in [1.82, 2.24) is 14.7 Å². The summed E-state index contributed by atoms with van der Waals surface area (Å²) in [4.78, 5) is 2.47. The van der Waals surface area contributed by atoms with E-state index >= 15 is 0 Å². The van der Waals surface area contributed by atoms with Gasteiger partial charge in [0.05, 0.1) is 5.69 Å². The molecule has 2 heterocycles. The zero-order chi connectivity index (χ0) is 10.8. The van der Waals surface area contributed by atoms with Crippen molar-refractivity contribution in [1.29, 1.82) is 0 Å². The van der Waals surface area contributed by atoms with E-state index in [9.17, 15) is 0 Å². The summed E-state index contributed by atoms with van der Waals surface area (Å²) in [6.45, 7) is 4.37. The zero-order valence-corrected chi connectivity index (χ0v) is 10.1. The van der Waals surface area contributed by atoms with E-state index in [2.05, 4.69) is 23.0 Å². The Morgan fingerprint density at radius 1 is 1.60 bits per heavy atom. The fourth-order valence-electron chi connectivity index (χ4n) is 2.26. The molecule has 0 radical (unpaired) electrons. The average Bonchev–Trinajstić information content (AvgIpc) is 2.76. The van der Waals surface area contributed by atoms with E-state index in [-0.39, 0.29) is 0 Å². The Morgan fingerprint density at radius 2 is 2.40 bits per heavy atom. The third-order valence-electron chi connectivity index (χ3n) is 3.38. The molecule has 3 nitrogen and oxygen atoms in total. The molecule has 1 aliphatic rings. The van der Waals surface area contributed by atoms with Crippen LogP contribution < -0.4 is 0 Å². The van der Waals surface area contributed by atoms with Gasteiger partial charge in [-0.2, -0.15) is 5.10 Å². The van der Waals surface area contributed by atoms with Gasteiger partial charge in [-0.15, -0.1) is 11.6 Å². The molecule has 0 spiro atoms. The molecule has 0 aliphatic carbocycles. The summed E-state index contributed by atoms with van der Waals surface area (Å²) in [6, 6.07) is 2.67. The van der Waals surface area contributed by atoms with Crippen LogP contribution in [0.2, 0.25) is 0 Å². The fraction of sp³-hybridized carbons (Fsp3) is 0.727. The fourth-order valence-corrected chi connectivity index (χ4v) is 2.67. The lowest BCUT2D eigenvalue weighted by Crippen LogP contribution is -2.30. The minimum absolute atomic E-state index is 0.588. The lowest BCUT2D eigenvalue weighted by molar-refractivity contribution is 0.237. The van der Waals surface area contributed by atoms with Gasteiger partial charge in [0.1, 0.15) is 0 Å². The normalized spacial score (nSPS) is 27.4. The van der Waals surface area contributed by atoms with Gasteiger partial charge in [0.25, 0.3) is 0 Å². The molecule has 0 amide bonds. The topological polar surface area (TPSA) is 21.1 Å². The summed E-state index contributed by atoms with van der Waals surface area (Å²) in [5.74, 6) is 1.43. The largest absolute Gasteiger partial charge is 0.294 e. The van der Waals surface area contributed by atoms with Crippen molar-refractivity contribution in [2.45, 2.75) is 25.9 Å². The molecule has 1 fully saturated rings. The van der Waals surface area contributed by atoms with Crippen LogP contribution in [0, 0.1) is 5.92 Å². The molecule has 1 aromatic rings. The summed E-state index contributed by atoms with van der Waals surface area (Å²) in [7, 11) is 1.96. The number of hydrogen-bond donors (Lipinski definition) is 0. The smallest absolute Gasteiger partial charge is 0.0764 e. The van der Waals surface area contributed by atoms with Crippen LogP contribution in [0.5, 0.6) is 0 Å². The monoisotopic (exact) mass is 227 g/mol. The van der Waals surface area contributed by atoms with E-state index in [1.165, 1.54) is 6.42 Å². The molecule has 2 unspecified atom stereocenters. The molecule has 15 heavy (non-hydrogen) atoms. The van der Waals surface area contributed by atoms with Gasteiger partial charge in [0.15, 0.2) is 0 Å². The molecular formula is C11H18ClN3. The highest BCUT2D eigenvalue weighted by Gasteiger charge is 2.29. The quantitative estimate of drug-likeness (QED) is 0.736. The molecule has 2 atom stereocenters. The predicted molar refractivity (Wildman–Crippen MR) is 61.9 cm³/mol. The maximum Gasteiger partial charge on any atom is 0.0764 e. The first-order chi connectivity index (χ1) is 7.20. The first-order valence-electron chi connectivity index (χ1n) is 5.49. The highest BCUT2D eigenvalue weighted by Crippen LogP contribution is 2.26. The van der Waals surface area contributed by atoms with Crippen LogP contribution >= 0.6 is 11.6 Å². The molecule has 0 N–H and O–H groups in total. The number of aromatic nitrogens is 2. The molecule has 1 aliphatic heterocycles. The van der Waals surface area contributed by atoms with Crippen molar-refractivity contribution in [2.75, 3.05) is 12.4 Å². The molecule has 0 aromatic carbocycles. The third-order valence-corrected chi connectivity index (χ3v) is 3.77. The van der Waals surface area contributed by atoms with Crippen LogP contribution in [-0.2, 0) is 13.6 Å². The molecule has 0 bridgehead atoms. The summed E-state index contributed by atoms with van der Waals surface area (Å²) in [5, 5.41) is 4.40. The van der Waals surface area contributed by atoms with Crippen LogP contribution in [0.25, 0.3) is 0 Å². The second-order valence-corrected chi connectivity index (χ2v) is 4.70. The van der Waals surface area contributed by atoms with E-state index in [1.54, 1.807) is 0 Å². The highest BCUT2D eigenvalue weighted by atomic mass is 35.5. The maximum atomic E-state index is 5.93. The highest BCUT2D eigenvalue weighted by molar-refractivity contribution is 6.18. The van der Waals surface area contributed by atoms with Crippen LogP contribution in [0.3, 0.4) is 0 Å². The number of alkyl halides is 1. The number of likely N-dealkylation sites (tertiary alicyclic amines) is 1.